The van der Waals surface area contributed by atoms with Crippen molar-refractivity contribution in [2.75, 3.05) is 0 Å². The molecule has 134 valence electrons. The molecule has 0 spiro atoms. The molecule has 2 aromatic rings. The first-order valence-corrected chi connectivity index (χ1v) is 12.1. The molecular weight excluding hydrogens is 402 g/mol. The summed E-state index contributed by atoms with van der Waals surface area (Å²) in [6, 6.07) is 15.6. The number of carbonyl (C=O) groups is 1. The first-order valence-electron chi connectivity index (χ1n) is 8.87. The topological polar surface area (TPSA) is 29.1 Å². The van der Waals surface area contributed by atoms with Gasteiger partial charge in [-0.1, -0.05) is 65.0 Å². The van der Waals surface area contributed by atoms with E-state index in [2.05, 4.69) is 88.2 Å². The van der Waals surface area contributed by atoms with E-state index in [1.807, 2.05) is 0 Å². The molecule has 1 N–H and O–H groups in total. The van der Waals surface area contributed by atoms with E-state index in [9.17, 15) is 4.79 Å². The first-order chi connectivity index (χ1) is 11.2. The van der Waals surface area contributed by atoms with Crippen LogP contribution in [-0.2, 0) is 32.2 Å². The summed E-state index contributed by atoms with van der Waals surface area (Å²) in [5.41, 5.74) is 4.51. The average Bonchev–Trinajstić information content (AvgIpc) is 2.97. The fourth-order valence-electron chi connectivity index (χ4n) is 3.27. The summed E-state index contributed by atoms with van der Waals surface area (Å²) in [6.45, 7) is 13.1. The Bertz CT molecular complexity index is 664. The van der Waals surface area contributed by atoms with Gasteiger partial charge in [0.1, 0.15) is 8.24 Å². The van der Waals surface area contributed by atoms with Crippen LogP contribution >= 0.6 is 0 Å². The maximum absolute atomic E-state index is 13.2. The number of amides is 1. The number of rotatable bonds is 6. The molecule has 0 bridgehead atoms. The molecule has 25 heavy (non-hydrogen) atoms. The second kappa shape index (κ2) is 9.19. The Morgan fingerprint density at radius 1 is 1.00 bits per heavy atom. The van der Waals surface area contributed by atoms with Gasteiger partial charge in [-0.3, -0.25) is 4.79 Å². The van der Waals surface area contributed by atoms with E-state index in [-0.39, 0.29) is 32.1 Å². The second-order valence-electron chi connectivity index (χ2n) is 7.93. The van der Waals surface area contributed by atoms with E-state index >= 15 is 0 Å². The molecule has 2 nitrogen and oxygen atoms in total. The molecule has 0 aliphatic heterocycles. The number of nitrogens with one attached hydrogen (secondary N) is 1. The van der Waals surface area contributed by atoms with Crippen molar-refractivity contribution in [2.45, 2.75) is 58.7 Å². The van der Waals surface area contributed by atoms with Gasteiger partial charge < -0.3 is 4.98 Å². The van der Waals surface area contributed by atoms with E-state index in [4.69, 9.17) is 0 Å². The van der Waals surface area contributed by atoms with E-state index < -0.39 is 8.24 Å². The fraction of sp³-hybridized carbons (Fsp3) is 0.429. The van der Waals surface area contributed by atoms with Crippen LogP contribution in [0.2, 0.25) is 13.1 Å². The third kappa shape index (κ3) is 5.82. The van der Waals surface area contributed by atoms with Gasteiger partial charge >= 0.3 is 0 Å². The fourth-order valence-corrected chi connectivity index (χ4v) is 5.35. The Morgan fingerprint density at radius 3 is 1.92 bits per heavy atom. The second-order valence-corrected chi connectivity index (χ2v) is 12.3. The van der Waals surface area contributed by atoms with E-state index in [1.165, 1.54) is 5.56 Å². The van der Waals surface area contributed by atoms with Crippen molar-refractivity contribution in [2.24, 2.45) is 0 Å². The molecule has 0 aliphatic carbocycles. The number of hydrogen-bond acceptors (Lipinski definition) is 1. The molecule has 0 radical (unpaired) electrons. The minimum Gasteiger partial charge on any atom is -0.379 e. The summed E-state index contributed by atoms with van der Waals surface area (Å²) in [7, 11) is -1.87. The van der Waals surface area contributed by atoms with E-state index in [0.717, 1.165) is 22.7 Å². The van der Waals surface area contributed by atoms with Crippen molar-refractivity contribution in [3.63, 3.8) is 0 Å². The zero-order valence-corrected chi connectivity index (χ0v) is 19.8. The normalized spacial score (nSPS) is 11.5. The molecular formula is C21H30NOSiZr-. The van der Waals surface area contributed by atoms with Gasteiger partial charge in [-0.2, -0.15) is 17.7 Å². The molecule has 0 atom stereocenters. The van der Waals surface area contributed by atoms with Gasteiger partial charge in [0.05, 0.1) is 0 Å². The van der Waals surface area contributed by atoms with Gasteiger partial charge in [-0.05, 0) is 23.0 Å². The predicted molar refractivity (Wildman–Crippen MR) is 105 cm³/mol. The Labute approximate surface area is 173 Å². The zero-order chi connectivity index (χ0) is 17.9. The summed E-state index contributed by atoms with van der Waals surface area (Å²) in [5, 5.41) is 0. The summed E-state index contributed by atoms with van der Waals surface area (Å²) in [4.78, 5) is 16.6. The van der Waals surface area contributed by atoms with Crippen LogP contribution in [-0.4, -0.2) is 14.1 Å². The number of carbonyl (C=O) groups excluding carboxylic acids is 1. The van der Waals surface area contributed by atoms with Crippen molar-refractivity contribution < 1.29 is 31.0 Å². The van der Waals surface area contributed by atoms with Gasteiger partial charge in [0.15, 0.2) is 0 Å². The third-order valence-electron chi connectivity index (χ3n) is 4.43. The molecule has 2 rings (SSSR count). The summed E-state index contributed by atoms with van der Waals surface area (Å²) in [5.74, 6) is 0.778. The average molecular weight is 432 g/mol. The summed E-state index contributed by atoms with van der Waals surface area (Å²) in [6.07, 6.45) is 0. The smallest absolute Gasteiger partial charge is 0.244 e. The van der Waals surface area contributed by atoms with Crippen LogP contribution < -0.4 is 4.98 Å². The molecule has 4 heteroatoms. The third-order valence-corrected chi connectivity index (χ3v) is 6.63. The summed E-state index contributed by atoms with van der Waals surface area (Å²) >= 11 is 0. The van der Waals surface area contributed by atoms with Crippen LogP contribution in [0.25, 0.3) is 0 Å². The molecule has 2 aromatic carbocycles. The molecule has 0 saturated heterocycles. The quantitative estimate of drug-likeness (QED) is 0.484. The van der Waals surface area contributed by atoms with Crippen molar-refractivity contribution in [1.82, 2.24) is 4.98 Å². The van der Waals surface area contributed by atoms with Crippen molar-refractivity contribution in [3.05, 3.63) is 64.7 Å². The van der Waals surface area contributed by atoms with Crippen LogP contribution in [0.5, 0.6) is 0 Å². The Morgan fingerprint density at radius 2 is 1.48 bits per heavy atom. The van der Waals surface area contributed by atoms with Crippen molar-refractivity contribution >= 4 is 14.1 Å². The Balaban J connectivity index is 0.00000312. The van der Waals surface area contributed by atoms with Gasteiger partial charge in [-0.15, -0.1) is 0 Å². The molecule has 0 aromatic heterocycles. The Kier molecular flexibility index (Phi) is 8.15. The van der Waals surface area contributed by atoms with Crippen LogP contribution in [0, 0.1) is 0 Å². The predicted octanol–water partition coefficient (Wildman–Crippen LogP) is 5.37. The van der Waals surface area contributed by atoms with E-state index in [0.29, 0.717) is 11.8 Å². The van der Waals surface area contributed by atoms with Crippen LogP contribution in [0.4, 0.5) is 0 Å². The van der Waals surface area contributed by atoms with Crippen LogP contribution in [0.1, 0.15) is 66.6 Å². The van der Waals surface area contributed by atoms with E-state index in [1.54, 1.807) is 0 Å². The van der Waals surface area contributed by atoms with Crippen LogP contribution in [0.15, 0.2) is 42.5 Å². The molecule has 0 heterocycles. The van der Waals surface area contributed by atoms with Crippen molar-refractivity contribution in [3.8, 4) is 0 Å². The summed E-state index contributed by atoms with van der Waals surface area (Å²) < 4.78 is 0. The molecule has 0 saturated carbocycles. The number of hydrogen-bond donors (Lipinski definition) is 1. The largest absolute Gasteiger partial charge is 0.379 e. The van der Waals surface area contributed by atoms with Gasteiger partial charge in [0.25, 0.3) is 0 Å². The molecule has 0 fully saturated rings. The van der Waals surface area contributed by atoms with Gasteiger partial charge in [0.2, 0.25) is 5.91 Å². The van der Waals surface area contributed by atoms with Crippen LogP contribution in [0.3, 0.4) is 0 Å². The molecule has 1 amide bonds. The SMILES string of the molecule is CC(C)c1cccc(C(C)C)c1C(=O)N[Si](C)(C)C[c-]1cccc1.[Zr]. The van der Waals surface area contributed by atoms with Gasteiger partial charge in [-0.25, -0.2) is 12.1 Å². The maximum atomic E-state index is 13.2. The number of benzene rings is 1. The van der Waals surface area contributed by atoms with Gasteiger partial charge in [0, 0.05) is 31.8 Å². The monoisotopic (exact) mass is 430 g/mol. The molecule has 0 aliphatic rings. The minimum absolute atomic E-state index is 0. The van der Waals surface area contributed by atoms with Crippen molar-refractivity contribution in [1.29, 1.82) is 0 Å². The first kappa shape index (κ1) is 22.2. The molecule has 0 unspecified atom stereocenters. The maximum Gasteiger partial charge on any atom is 0.244 e. The standard InChI is InChI=1S/C21H30NOSi.Zr/c1-15(2)18-12-9-13-19(16(3)4)20(18)21(23)22-24(5,6)14-17-10-7-8-11-17;/h7-13,15-16H,14H2,1-6H3,(H,22,23);/q-1;. The zero-order valence-electron chi connectivity index (χ0n) is 16.3. The Hall–Kier alpha value is -0.860. The minimum atomic E-state index is -1.87.